The molecule has 2 aromatic heterocycles. The molecule has 1 fully saturated rings. The predicted octanol–water partition coefficient (Wildman–Crippen LogP) is 2.63. The molecule has 1 aromatic carbocycles. The number of benzene rings is 1. The fraction of sp³-hybridized carbons (Fsp3) is 0.389. The first-order chi connectivity index (χ1) is 12.7. The average Bonchev–Trinajstić information content (AvgIpc) is 3.22. The molecule has 8 heteroatoms. The zero-order valence-electron chi connectivity index (χ0n) is 14.5. The van der Waals surface area contributed by atoms with Gasteiger partial charge in [-0.15, -0.1) is 10.2 Å². The van der Waals surface area contributed by atoms with E-state index in [4.69, 9.17) is 0 Å². The second-order valence-corrected chi connectivity index (χ2v) is 7.21. The lowest BCUT2D eigenvalue weighted by Gasteiger charge is -2.12. The van der Waals surface area contributed by atoms with Crippen LogP contribution in [0.25, 0.3) is 22.1 Å². The lowest BCUT2D eigenvalue weighted by atomic mass is 10.2. The SMILES string of the molecule is CCCn1c2ccccc2c2nnc(SCC(=O)N3CCCC3=O)nc21. The van der Waals surface area contributed by atoms with Gasteiger partial charge in [-0.05, 0) is 18.9 Å². The average molecular weight is 369 g/mol. The van der Waals surface area contributed by atoms with Gasteiger partial charge < -0.3 is 4.57 Å². The smallest absolute Gasteiger partial charge is 0.239 e. The lowest BCUT2D eigenvalue weighted by Crippen LogP contribution is -2.33. The quantitative estimate of drug-likeness (QED) is 0.643. The minimum absolute atomic E-state index is 0.0897. The van der Waals surface area contributed by atoms with Gasteiger partial charge >= 0.3 is 0 Å². The van der Waals surface area contributed by atoms with E-state index in [2.05, 4.69) is 32.7 Å². The van der Waals surface area contributed by atoms with Gasteiger partial charge in [0.25, 0.3) is 0 Å². The second-order valence-electron chi connectivity index (χ2n) is 6.27. The molecule has 3 heterocycles. The summed E-state index contributed by atoms with van der Waals surface area (Å²) < 4.78 is 2.15. The third-order valence-electron chi connectivity index (χ3n) is 4.50. The summed E-state index contributed by atoms with van der Waals surface area (Å²) in [5.41, 5.74) is 2.65. The summed E-state index contributed by atoms with van der Waals surface area (Å²) in [6.07, 6.45) is 2.18. The molecule has 0 saturated carbocycles. The van der Waals surface area contributed by atoms with Crippen LogP contribution in [0.15, 0.2) is 29.4 Å². The van der Waals surface area contributed by atoms with Crippen molar-refractivity contribution in [1.29, 1.82) is 0 Å². The fourth-order valence-electron chi connectivity index (χ4n) is 3.32. The molecule has 1 saturated heterocycles. The normalized spacial score (nSPS) is 14.7. The van der Waals surface area contributed by atoms with Crippen LogP contribution in [0.4, 0.5) is 0 Å². The zero-order valence-corrected chi connectivity index (χ0v) is 15.3. The summed E-state index contributed by atoms with van der Waals surface area (Å²) in [4.78, 5) is 29.8. The van der Waals surface area contributed by atoms with E-state index in [0.29, 0.717) is 18.1 Å². The topological polar surface area (TPSA) is 81.0 Å². The van der Waals surface area contributed by atoms with E-state index in [0.717, 1.165) is 41.5 Å². The summed E-state index contributed by atoms with van der Waals surface area (Å²) >= 11 is 1.23. The Morgan fingerprint density at radius 1 is 1.27 bits per heavy atom. The number of aryl methyl sites for hydroxylation is 1. The Morgan fingerprint density at radius 2 is 2.12 bits per heavy atom. The van der Waals surface area contributed by atoms with E-state index < -0.39 is 0 Å². The standard InChI is InChI=1S/C18H19N5O2S/c1-2-9-22-13-7-4-3-6-12(13)16-17(22)19-18(21-20-16)26-11-15(25)23-10-5-8-14(23)24/h3-4,6-7H,2,5,8-11H2,1H3. The first kappa shape index (κ1) is 17.0. The monoisotopic (exact) mass is 369 g/mol. The van der Waals surface area contributed by atoms with Crippen LogP contribution in [-0.2, 0) is 16.1 Å². The highest BCUT2D eigenvalue weighted by Gasteiger charge is 2.26. The number of fused-ring (bicyclic) bond motifs is 3. The van der Waals surface area contributed by atoms with Crippen LogP contribution in [0, 0.1) is 0 Å². The number of hydrogen-bond donors (Lipinski definition) is 0. The maximum atomic E-state index is 12.2. The fourth-order valence-corrected chi connectivity index (χ4v) is 3.97. The van der Waals surface area contributed by atoms with Crippen molar-refractivity contribution in [2.45, 2.75) is 37.9 Å². The first-order valence-corrected chi connectivity index (χ1v) is 9.75. The summed E-state index contributed by atoms with van der Waals surface area (Å²) in [5.74, 6) is -0.129. The summed E-state index contributed by atoms with van der Waals surface area (Å²) in [5, 5.41) is 10.0. The number of carbonyl (C=O) groups is 2. The maximum absolute atomic E-state index is 12.2. The molecule has 26 heavy (non-hydrogen) atoms. The second kappa shape index (κ2) is 7.03. The zero-order chi connectivity index (χ0) is 18.1. The number of nitrogens with zero attached hydrogens (tertiary/aromatic N) is 5. The van der Waals surface area contributed by atoms with Crippen molar-refractivity contribution >= 4 is 45.6 Å². The van der Waals surface area contributed by atoms with E-state index in [1.165, 1.54) is 16.7 Å². The van der Waals surface area contributed by atoms with Crippen molar-refractivity contribution in [2.75, 3.05) is 12.3 Å². The highest BCUT2D eigenvalue weighted by atomic mass is 32.2. The van der Waals surface area contributed by atoms with Gasteiger partial charge in [0.2, 0.25) is 17.0 Å². The van der Waals surface area contributed by atoms with E-state index in [1.807, 2.05) is 18.2 Å². The Balaban J connectivity index is 1.62. The van der Waals surface area contributed by atoms with Crippen LogP contribution in [0.3, 0.4) is 0 Å². The van der Waals surface area contributed by atoms with E-state index >= 15 is 0 Å². The summed E-state index contributed by atoms with van der Waals surface area (Å²) in [6.45, 7) is 3.48. The molecule has 1 aliphatic heterocycles. The number of likely N-dealkylation sites (tertiary alicyclic amines) is 1. The number of thioether (sulfide) groups is 1. The molecule has 134 valence electrons. The number of rotatable bonds is 5. The van der Waals surface area contributed by atoms with E-state index in [-0.39, 0.29) is 17.6 Å². The number of carbonyl (C=O) groups excluding carboxylic acids is 2. The van der Waals surface area contributed by atoms with Gasteiger partial charge in [0.15, 0.2) is 5.65 Å². The number of aromatic nitrogens is 4. The number of para-hydroxylation sites is 1. The maximum Gasteiger partial charge on any atom is 0.239 e. The minimum atomic E-state index is -0.185. The molecule has 1 aliphatic rings. The van der Waals surface area contributed by atoms with E-state index in [1.54, 1.807) is 0 Å². The number of imide groups is 1. The Bertz CT molecular complexity index is 1000. The van der Waals surface area contributed by atoms with Crippen LogP contribution in [0.1, 0.15) is 26.2 Å². The van der Waals surface area contributed by atoms with Gasteiger partial charge in [0, 0.05) is 24.9 Å². The van der Waals surface area contributed by atoms with E-state index in [9.17, 15) is 9.59 Å². The lowest BCUT2D eigenvalue weighted by molar-refractivity contribution is -0.140. The third-order valence-corrected chi connectivity index (χ3v) is 5.32. The molecule has 0 bridgehead atoms. The summed E-state index contributed by atoms with van der Waals surface area (Å²) in [6, 6.07) is 8.06. The largest absolute Gasteiger partial charge is 0.324 e. The van der Waals surface area contributed by atoms with Gasteiger partial charge in [0.05, 0.1) is 11.3 Å². The highest BCUT2D eigenvalue weighted by molar-refractivity contribution is 7.99. The molecular formula is C18H19N5O2S. The Kier molecular flexibility index (Phi) is 4.58. The predicted molar refractivity (Wildman–Crippen MR) is 99.8 cm³/mol. The molecule has 0 radical (unpaired) electrons. The van der Waals surface area contributed by atoms with Crippen molar-refractivity contribution in [3.05, 3.63) is 24.3 Å². The molecule has 0 aliphatic carbocycles. The van der Waals surface area contributed by atoms with Crippen molar-refractivity contribution in [3.8, 4) is 0 Å². The van der Waals surface area contributed by atoms with Crippen LogP contribution in [0.5, 0.6) is 0 Å². The molecule has 0 N–H and O–H groups in total. The van der Waals surface area contributed by atoms with Gasteiger partial charge in [0.1, 0.15) is 5.52 Å². The molecule has 7 nitrogen and oxygen atoms in total. The van der Waals surface area contributed by atoms with Crippen molar-refractivity contribution < 1.29 is 9.59 Å². The first-order valence-electron chi connectivity index (χ1n) is 8.76. The molecule has 0 atom stereocenters. The molecule has 2 amide bonds. The van der Waals surface area contributed by atoms with Crippen LogP contribution in [0.2, 0.25) is 0 Å². The number of hydrogen-bond acceptors (Lipinski definition) is 6. The molecular weight excluding hydrogens is 350 g/mol. The van der Waals surface area contributed by atoms with Crippen molar-refractivity contribution in [2.24, 2.45) is 0 Å². The Morgan fingerprint density at radius 3 is 2.88 bits per heavy atom. The molecule has 4 rings (SSSR count). The van der Waals surface area contributed by atoms with Gasteiger partial charge in [-0.1, -0.05) is 36.9 Å². The number of amides is 2. The van der Waals surface area contributed by atoms with Gasteiger partial charge in [-0.3, -0.25) is 14.5 Å². The highest BCUT2D eigenvalue weighted by Crippen LogP contribution is 2.27. The minimum Gasteiger partial charge on any atom is -0.324 e. The molecule has 3 aromatic rings. The Labute approximate surface area is 154 Å². The van der Waals surface area contributed by atoms with Gasteiger partial charge in [-0.25, -0.2) is 4.98 Å². The van der Waals surface area contributed by atoms with Crippen LogP contribution >= 0.6 is 11.8 Å². The van der Waals surface area contributed by atoms with Crippen LogP contribution < -0.4 is 0 Å². The Hall–Kier alpha value is -2.48. The van der Waals surface area contributed by atoms with Crippen molar-refractivity contribution in [1.82, 2.24) is 24.6 Å². The molecule has 0 unspecified atom stereocenters. The van der Waals surface area contributed by atoms with Crippen LogP contribution in [-0.4, -0.2) is 48.8 Å². The van der Waals surface area contributed by atoms with Gasteiger partial charge in [-0.2, -0.15) is 0 Å². The third kappa shape index (κ3) is 2.94. The van der Waals surface area contributed by atoms with Crippen molar-refractivity contribution in [3.63, 3.8) is 0 Å². The molecule has 0 spiro atoms. The summed E-state index contributed by atoms with van der Waals surface area (Å²) in [7, 11) is 0.